The summed E-state index contributed by atoms with van der Waals surface area (Å²) >= 11 is 1.21. The van der Waals surface area contributed by atoms with Gasteiger partial charge >= 0.3 is 5.97 Å². The van der Waals surface area contributed by atoms with E-state index in [-0.39, 0.29) is 0 Å². The monoisotopic (exact) mass is 447 g/mol. The van der Waals surface area contributed by atoms with Crippen molar-refractivity contribution in [1.82, 2.24) is 9.97 Å². The van der Waals surface area contributed by atoms with Gasteiger partial charge in [-0.05, 0) is 48.6 Å². The zero-order valence-corrected chi connectivity index (χ0v) is 18.9. The van der Waals surface area contributed by atoms with E-state index in [1.807, 2.05) is 43.3 Å². The lowest BCUT2D eigenvalue weighted by atomic mass is 10.1. The minimum absolute atomic E-state index is 0.311. The summed E-state index contributed by atoms with van der Waals surface area (Å²) in [7, 11) is 1.66. The first-order valence-corrected chi connectivity index (χ1v) is 11.3. The van der Waals surface area contributed by atoms with Gasteiger partial charge in [0.2, 0.25) is 0 Å². The molecule has 6 nitrogen and oxygen atoms in total. The van der Waals surface area contributed by atoms with Crippen molar-refractivity contribution in [3.8, 4) is 5.75 Å². The number of thiophene rings is 1. The molecule has 4 rings (SSSR count). The standard InChI is InChI=1S/C25H25N3O3S/c1-16-21-23(26-14-13-18-9-6-10-19(15-18)31-2)27-20(12-11-17-7-4-3-5-8-17)28-24(21)32-22(16)25(29)30/h3-10,15H,11-14H2,1-2H3,(H,29,30)(H,26,27,28). The van der Waals surface area contributed by atoms with Crippen LogP contribution in [0.1, 0.15) is 32.2 Å². The fourth-order valence-electron chi connectivity index (χ4n) is 3.68. The molecule has 0 saturated carbocycles. The van der Waals surface area contributed by atoms with Crippen molar-refractivity contribution in [1.29, 1.82) is 0 Å². The van der Waals surface area contributed by atoms with Gasteiger partial charge in [-0.15, -0.1) is 11.3 Å². The molecular weight excluding hydrogens is 422 g/mol. The van der Waals surface area contributed by atoms with Crippen LogP contribution < -0.4 is 10.1 Å². The summed E-state index contributed by atoms with van der Waals surface area (Å²) in [6, 6.07) is 18.2. The predicted octanol–water partition coefficient (Wildman–Crippen LogP) is 5.15. The van der Waals surface area contributed by atoms with Crippen LogP contribution in [0.5, 0.6) is 5.75 Å². The number of hydrogen-bond acceptors (Lipinski definition) is 6. The molecule has 0 bridgehead atoms. The zero-order chi connectivity index (χ0) is 22.5. The highest BCUT2D eigenvalue weighted by Crippen LogP contribution is 2.34. The number of aromatic nitrogens is 2. The van der Waals surface area contributed by atoms with Crippen molar-refractivity contribution in [2.45, 2.75) is 26.2 Å². The highest BCUT2D eigenvalue weighted by molar-refractivity contribution is 7.20. The number of rotatable bonds is 9. The first-order valence-electron chi connectivity index (χ1n) is 10.5. The molecule has 0 aliphatic carbocycles. The van der Waals surface area contributed by atoms with Gasteiger partial charge in [0.1, 0.15) is 27.1 Å². The third-order valence-corrected chi connectivity index (χ3v) is 6.52. The molecular formula is C25H25N3O3S. The molecule has 32 heavy (non-hydrogen) atoms. The number of nitrogens with one attached hydrogen (secondary N) is 1. The molecule has 0 radical (unpaired) electrons. The molecule has 0 fully saturated rings. The van der Waals surface area contributed by atoms with Gasteiger partial charge in [0, 0.05) is 13.0 Å². The third-order valence-electron chi connectivity index (χ3n) is 5.35. The van der Waals surface area contributed by atoms with Gasteiger partial charge in [-0.1, -0.05) is 42.5 Å². The van der Waals surface area contributed by atoms with Gasteiger partial charge in [-0.3, -0.25) is 0 Å². The van der Waals surface area contributed by atoms with Crippen LogP contribution >= 0.6 is 11.3 Å². The summed E-state index contributed by atoms with van der Waals surface area (Å²) in [6.07, 6.45) is 2.30. The smallest absolute Gasteiger partial charge is 0.346 e. The molecule has 0 spiro atoms. The van der Waals surface area contributed by atoms with Gasteiger partial charge in [0.15, 0.2) is 0 Å². The highest BCUT2D eigenvalue weighted by atomic mass is 32.1. The SMILES string of the molecule is COc1cccc(CCNc2nc(CCc3ccccc3)nc3sc(C(=O)O)c(C)c23)c1. The van der Waals surface area contributed by atoms with Crippen LogP contribution in [-0.4, -0.2) is 34.7 Å². The van der Waals surface area contributed by atoms with E-state index in [1.165, 1.54) is 16.9 Å². The van der Waals surface area contributed by atoms with E-state index in [9.17, 15) is 9.90 Å². The molecule has 0 aliphatic heterocycles. The number of ether oxygens (including phenoxy) is 1. The lowest BCUT2D eigenvalue weighted by molar-refractivity contribution is 0.0701. The summed E-state index contributed by atoms with van der Waals surface area (Å²) in [5, 5.41) is 13.8. The van der Waals surface area contributed by atoms with Crippen LogP contribution in [-0.2, 0) is 19.3 Å². The molecule has 0 amide bonds. The van der Waals surface area contributed by atoms with Crippen molar-refractivity contribution in [3.63, 3.8) is 0 Å². The van der Waals surface area contributed by atoms with Crippen LogP contribution in [0.3, 0.4) is 0 Å². The minimum atomic E-state index is -0.932. The van der Waals surface area contributed by atoms with E-state index in [0.29, 0.717) is 39.9 Å². The number of carboxylic acid groups (broad SMARTS) is 1. The number of fused-ring (bicyclic) bond motifs is 1. The maximum atomic E-state index is 11.7. The Morgan fingerprint density at radius 2 is 1.81 bits per heavy atom. The Labute approximate surface area is 190 Å². The zero-order valence-electron chi connectivity index (χ0n) is 18.1. The molecule has 2 N–H and O–H groups in total. The number of nitrogens with zero attached hydrogens (tertiary/aromatic N) is 2. The maximum Gasteiger partial charge on any atom is 0.346 e. The quantitative estimate of drug-likeness (QED) is 0.369. The van der Waals surface area contributed by atoms with Gasteiger partial charge in [0.05, 0.1) is 12.5 Å². The van der Waals surface area contributed by atoms with Crippen LogP contribution in [0.25, 0.3) is 10.2 Å². The number of carbonyl (C=O) groups is 1. The van der Waals surface area contributed by atoms with Gasteiger partial charge in [0.25, 0.3) is 0 Å². The Kier molecular flexibility index (Phi) is 6.66. The minimum Gasteiger partial charge on any atom is -0.497 e. The van der Waals surface area contributed by atoms with Gasteiger partial charge in [-0.25, -0.2) is 14.8 Å². The van der Waals surface area contributed by atoms with E-state index < -0.39 is 5.97 Å². The van der Waals surface area contributed by atoms with E-state index in [1.54, 1.807) is 7.11 Å². The number of hydrogen-bond donors (Lipinski definition) is 2. The van der Waals surface area contributed by atoms with Crippen LogP contribution in [0.4, 0.5) is 5.82 Å². The number of anilines is 1. The molecule has 2 heterocycles. The van der Waals surface area contributed by atoms with Crippen molar-refractivity contribution < 1.29 is 14.6 Å². The molecule has 7 heteroatoms. The summed E-state index contributed by atoms with van der Waals surface area (Å²) in [4.78, 5) is 22.2. The molecule has 4 aromatic rings. The van der Waals surface area contributed by atoms with Crippen molar-refractivity contribution in [2.75, 3.05) is 19.0 Å². The Bertz CT molecular complexity index is 1240. The number of aromatic carboxylic acids is 1. The van der Waals surface area contributed by atoms with Crippen molar-refractivity contribution in [3.05, 3.63) is 82.0 Å². The fraction of sp³-hybridized carbons (Fsp3) is 0.240. The average Bonchev–Trinajstić information content (AvgIpc) is 3.15. The molecule has 0 atom stereocenters. The van der Waals surface area contributed by atoms with Crippen LogP contribution in [0.2, 0.25) is 0 Å². The molecule has 0 aliphatic rings. The lowest BCUT2D eigenvalue weighted by Gasteiger charge is -2.11. The van der Waals surface area contributed by atoms with E-state index in [0.717, 1.165) is 29.5 Å². The van der Waals surface area contributed by atoms with Crippen LogP contribution in [0.15, 0.2) is 54.6 Å². The fourth-order valence-corrected chi connectivity index (χ4v) is 4.72. The molecule has 2 aromatic carbocycles. The number of aryl methyl sites for hydroxylation is 3. The number of methoxy groups -OCH3 is 1. The predicted molar refractivity (Wildman–Crippen MR) is 128 cm³/mol. The maximum absolute atomic E-state index is 11.7. The first kappa shape index (κ1) is 21.8. The molecule has 2 aromatic heterocycles. The summed E-state index contributed by atoms with van der Waals surface area (Å²) in [5.41, 5.74) is 3.08. The highest BCUT2D eigenvalue weighted by Gasteiger charge is 2.20. The van der Waals surface area contributed by atoms with Gasteiger partial charge in [-0.2, -0.15) is 0 Å². The van der Waals surface area contributed by atoms with Crippen LogP contribution in [0, 0.1) is 6.92 Å². The first-order chi connectivity index (χ1) is 15.5. The summed E-state index contributed by atoms with van der Waals surface area (Å²) in [6.45, 7) is 2.48. The van der Waals surface area contributed by atoms with Crippen molar-refractivity contribution in [2.24, 2.45) is 0 Å². The van der Waals surface area contributed by atoms with Crippen molar-refractivity contribution >= 4 is 33.3 Å². The second-order valence-corrected chi connectivity index (χ2v) is 8.54. The van der Waals surface area contributed by atoms with E-state index >= 15 is 0 Å². The van der Waals surface area contributed by atoms with E-state index in [4.69, 9.17) is 14.7 Å². The average molecular weight is 448 g/mol. The second-order valence-electron chi connectivity index (χ2n) is 7.54. The Morgan fingerprint density at radius 1 is 1.03 bits per heavy atom. The van der Waals surface area contributed by atoms with E-state index in [2.05, 4.69) is 23.5 Å². The molecule has 164 valence electrons. The lowest BCUT2D eigenvalue weighted by Crippen LogP contribution is -2.09. The largest absolute Gasteiger partial charge is 0.497 e. The second kappa shape index (κ2) is 9.78. The summed E-state index contributed by atoms with van der Waals surface area (Å²) in [5.74, 6) is 1.30. The molecule has 0 unspecified atom stereocenters. The summed E-state index contributed by atoms with van der Waals surface area (Å²) < 4.78 is 5.30. The molecule has 0 saturated heterocycles. The Balaban J connectivity index is 1.59. The van der Waals surface area contributed by atoms with Gasteiger partial charge < -0.3 is 15.2 Å². The topological polar surface area (TPSA) is 84.3 Å². The third kappa shape index (κ3) is 4.89. The number of carboxylic acids is 1. The Hall–Kier alpha value is -3.45. The Morgan fingerprint density at radius 3 is 2.56 bits per heavy atom. The normalized spacial score (nSPS) is 10.9. The number of benzene rings is 2.